The van der Waals surface area contributed by atoms with Gasteiger partial charge in [-0.25, -0.2) is 0 Å². The Bertz CT molecular complexity index is 274. The Labute approximate surface area is 71.0 Å². The van der Waals surface area contributed by atoms with Crippen molar-refractivity contribution in [3.05, 3.63) is 29.0 Å². The summed E-state index contributed by atoms with van der Waals surface area (Å²) in [7, 11) is 1.70. The van der Waals surface area contributed by atoms with Gasteiger partial charge < -0.3 is 15.8 Å². The number of hydrogen-bond acceptors (Lipinski definition) is 4. The fourth-order valence-corrected chi connectivity index (χ4v) is 1.02. The van der Waals surface area contributed by atoms with Gasteiger partial charge in [0.05, 0.1) is 11.4 Å². The molecule has 0 heterocycles. The molecule has 0 saturated heterocycles. The average Bonchev–Trinajstić information content (AvgIpc) is 2.03. The quantitative estimate of drug-likeness (QED) is 0.658. The van der Waals surface area contributed by atoms with E-state index in [2.05, 4.69) is 5.32 Å². The lowest BCUT2D eigenvalue weighted by atomic mass is 10.2. The van der Waals surface area contributed by atoms with Crippen molar-refractivity contribution in [2.75, 3.05) is 17.6 Å². The van der Waals surface area contributed by atoms with Crippen LogP contribution >= 0.6 is 0 Å². The van der Waals surface area contributed by atoms with E-state index in [1.54, 1.807) is 25.2 Å². The van der Waals surface area contributed by atoms with Gasteiger partial charge in [0.25, 0.3) is 0 Å². The molecule has 0 saturated carbocycles. The van der Waals surface area contributed by atoms with E-state index < -0.39 is 0 Å². The summed E-state index contributed by atoms with van der Waals surface area (Å²) >= 11 is 0. The molecule has 66 valence electrons. The number of benzene rings is 1. The third-order valence-electron chi connectivity index (χ3n) is 1.63. The van der Waals surface area contributed by atoms with Crippen LogP contribution in [0.25, 0.3) is 0 Å². The molecule has 4 heteroatoms. The third kappa shape index (κ3) is 1.66. The predicted molar refractivity (Wildman–Crippen MR) is 48.4 cm³/mol. The van der Waals surface area contributed by atoms with E-state index in [1.807, 2.05) is 6.92 Å². The van der Waals surface area contributed by atoms with Crippen molar-refractivity contribution in [3.63, 3.8) is 0 Å². The van der Waals surface area contributed by atoms with Crippen LogP contribution in [0.2, 0.25) is 0 Å². The maximum Gasteiger partial charge on any atom is 0.0741 e. The van der Waals surface area contributed by atoms with E-state index in [0.29, 0.717) is 5.69 Å². The molecule has 12 heavy (non-hydrogen) atoms. The molecule has 0 atom stereocenters. The number of aryl methyl sites for hydroxylation is 1. The minimum absolute atomic E-state index is 0.148. The molecule has 0 aliphatic rings. The predicted octanol–water partition coefficient (Wildman–Crippen LogP) is 1.73. The minimum Gasteiger partial charge on any atom is -0.733 e. The third-order valence-corrected chi connectivity index (χ3v) is 1.63. The van der Waals surface area contributed by atoms with E-state index in [9.17, 15) is 5.21 Å². The summed E-state index contributed by atoms with van der Waals surface area (Å²) in [5.74, 6) is 0. The fourth-order valence-electron chi connectivity index (χ4n) is 1.02. The first-order chi connectivity index (χ1) is 5.65. The van der Waals surface area contributed by atoms with Crippen LogP contribution in [0.15, 0.2) is 18.2 Å². The van der Waals surface area contributed by atoms with E-state index >= 15 is 0 Å². The Morgan fingerprint density at radius 3 is 2.67 bits per heavy atom. The second-order valence-electron chi connectivity index (χ2n) is 2.54. The molecule has 2 N–H and O–H groups in total. The summed E-state index contributed by atoms with van der Waals surface area (Å²) in [6.07, 6.45) is 0. The first-order valence-corrected chi connectivity index (χ1v) is 3.59. The Morgan fingerprint density at radius 1 is 1.50 bits per heavy atom. The lowest BCUT2D eigenvalue weighted by Crippen LogP contribution is -2.09. The molecule has 1 aromatic rings. The highest BCUT2D eigenvalue weighted by molar-refractivity contribution is 5.69. The molecule has 0 aliphatic heterocycles. The molecule has 0 spiro atoms. The van der Waals surface area contributed by atoms with Gasteiger partial charge in [-0.2, -0.15) is 0 Å². The van der Waals surface area contributed by atoms with Crippen LogP contribution in [0.5, 0.6) is 0 Å². The van der Waals surface area contributed by atoms with Gasteiger partial charge in [0.2, 0.25) is 0 Å². The molecule has 4 nitrogen and oxygen atoms in total. The summed E-state index contributed by atoms with van der Waals surface area (Å²) in [6.45, 7) is 1.91. The van der Waals surface area contributed by atoms with Gasteiger partial charge in [-0.3, -0.25) is 5.21 Å². The number of nitrogens with one attached hydrogen (secondary N) is 1. The zero-order valence-corrected chi connectivity index (χ0v) is 7.03. The van der Waals surface area contributed by atoms with Gasteiger partial charge in [0, 0.05) is 7.05 Å². The summed E-state index contributed by atoms with van der Waals surface area (Å²) < 4.78 is 0. The zero-order chi connectivity index (χ0) is 9.14. The number of rotatable bonds is 2. The molecule has 1 rings (SSSR count). The van der Waals surface area contributed by atoms with E-state index in [0.717, 1.165) is 5.56 Å². The van der Waals surface area contributed by atoms with Gasteiger partial charge in [0.1, 0.15) is 0 Å². The van der Waals surface area contributed by atoms with Crippen LogP contribution < -0.4 is 10.5 Å². The van der Waals surface area contributed by atoms with E-state index in [4.69, 9.17) is 5.21 Å². The van der Waals surface area contributed by atoms with Crippen LogP contribution in [0, 0.1) is 12.1 Å². The van der Waals surface area contributed by atoms with Crippen molar-refractivity contribution in [1.29, 1.82) is 0 Å². The normalized spacial score (nSPS) is 9.67. The second-order valence-corrected chi connectivity index (χ2v) is 2.54. The van der Waals surface area contributed by atoms with E-state index in [1.165, 1.54) is 0 Å². The Kier molecular flexibility index (Phi) is 2.52. The molecule has 0 amide bonds. The number of anilines is 2. The molecule has 1 aromatic carbocycles. The van der Waals surface area contributed by atoms with Gasteiger partial charge in [-0.05, 0) is 24.6 Å². The highest BCUT2D eigenvalue weighted by Gasteiger charge is 2.00. The Balaban J connectivity index is 3.11. The van der Waals surface area contributed by atoms with Gasteiger partial charge in [0.15, 0.2) is 0 Å². The van der Waals surface area contributed by atoms with Gasteiger partial charge in [-0.1, -0.05) is 6.07 Å². The summed E-state index contributed by atoms with van der Waals surface area (Å²) in [6, 6.07) is 5.11. The Hall–Kier alpha value is -1.26. The SMILES string of the molecule is CNc1cc(C)ccc1N([O-])O. The minimum atomic E-state index is -0.148. The molecule has 0 radical (unpaired) electrons. The zero-order valence-electron chi connectivity index (χ0n) is 7.03. The maximum absolute atomic E-state index is 10.6. The molecule has 0 fully saturated rings. The largest absolute Gasteiger partial charge is 0.733 e. The van der Waals surface area contributed by atoms with Crippen molar-refractivity contribution in [3.8, 4) is 0 Å². The van der Waals surface area contributed by atoms with Crippen LogP contribution in [0.1, 0.15) is 5.56 Å². The summed E-state index contributed by atoms with van der Waals surface area (Å²) in [5, 5.41) is 21.9. The molecular formula is C8H11N2O2-. The summed E-state index contributed by atoms with van der Waals surface area (Å²) in [5.41, 5.74) is 1.88. The Morgan fingerprint density at radius 2 is 2.17 bits per heavy atom. The van der Waals surface area contributed by atoms with Crippen LogP contribution in [-0.4, -0.2) is 12.3 Å². The summed E-state index contributed by atoms with van der Waals surface area (Å²) in [4.78, 5) is 0. The van der Waals surface area contributed by atoms with Crippen LogP contribution in [0.4, 0.5) is 11.4 Å². The highest BCUT2D eigenvalue weighted by atomic mass is 16.8. The van der Waals surface area contributed by atoms with Gasteiger partial charge >= 0.3 is 0 Å². The van der Waals surface area contributed by atoms with Crippen molar-refractivity contribution < 1.29 is 5.21 Å². The van der Waals surface area contributed by atoms with Crippen molar-refractivity contribution in [1.82, 2.24) is 0 Å². The van der Waals surface area contributed by atoms with Crippen molar-refractivity contribution in [2.24, 2.45) is 0 Å². The first-order valence-electron chi connectivity index (χ1n) is 3.59. The smallest absolute Gasteiger partial charge is 0.0741 e. The lowest BCUT2D eigenvalue weighted by Gasteiger charge is -2.24. The van der Waals surface area contributed by atoms with Crippen LogP contribution in [-0.2, 0) is 0 Å². The fraction of sp³-hybridized carbons (Fsp3) is 0.250. The molecule has 0 aliphatic carbocycles. The molecular weight excluding hydrogens is 156 g/mol. The lowest BCUT2D eigenvalue weighted by molar-refractivity contribution is 0.297. The molecule has 0 unspecified atom stereocenters. The number of nitrogens with zero attached hydrogens (tertiary/aromatic N) is 1. The van der Waals surface area contributed by atoms with Crippen LogP contribution in [0.3, 0.4) is 0 Å². The van der Waals surface area contributed by atoms with Crippen molar-refractivity contribution >= 4 is 11.4 Å². The molecule has 0 aromatic heterocycles. The second kappa shape index (κ2) is 3.42. The topological polar surface area (TPSA) is 58.6 Å². The maximum atomic E-state index is 10.6. The first kappa shape index (κ1) is 8.83. The number of hydrogen-bond donors (Lipinski definition) is 2. The molecule has 0 bridgehead atoms. The monoisotopic (exact) mass is 167 g/mol. The van der Waals surface area contributed by atoms with Gasteiger partial charge in [-0.15, -0.1) is 0 Å². The highest BCUT2D eigenvalue weighted by Crippen LogP contribution is 2.24. The average molecular weight is 167 g/mol. The van der Waals surface area contributed by atoms with Crippen molar-refractivity contribution in [2.45, 2.75) is 6.92 Å². The standard InChI is InChI=1S/C8H11N2O2/c1-6-3-4-8(10(11)12)7(5-6)9-2/h3-5,9,11H,1-2H3/q-1. The van der Waals surface area contributed by atoms with E-state index in [-0.39, 0.29) is 10.9 Å².